The van der Waals surface area contributed by atoms with Crippen LogP contribution in [0.3, 0.4) is 0 Å². The highest BCUT2D eigenvalue weighted by atomic mass is 19.1. The molecule has 0 amide bonds. The normalized spacial score (nSPS) is 17.7. The van der Waals surface area contributed by atoms with Gasteiger partial charge in [-0.05, 0) is 43.4 Å². The Kier molecular flexibility index (Phi) is 5.03. The minimum Gasteiger partial charge on any atom is -0.366 e. The van der Waals surface area contributed by atoms with Gasteiger partial charge in [0.2, 0.25) is 0 Å². The van der Waals surface area contributed by atoms with Gasteiger partial charge in [-0.2, -0.15) is 0 Å². The Labute approximate surface area is 122 Å². The summed E-state index contributed by atoms with van der Waals surface area (Å²) in [5.41, 5.74) is 7.44. The van der Waals surface area contributed by atoms with E-state index in [1.807, 2.05) is 19.1 Å². The highest BCUT2D eigenvalue weighted by Gasteiger charge is 2.25. The van der Waals surface area contributed by atoms with Gasteiger partial charge in [0, 0.05) is 18.6 Å². The van der Waals surface area contributed by atoms with Crippen molar-refractivity contribution in [2.24, 2.45) is 11.7 Å². The molecular weight excluding hydrogens is 251 g/mol. The van der Waals surface area contributed by atoms with Crippen molar-refractivity contribution < 1.29 is 4.39 Å². The second-order valence-electron chi connectivity index (χ2n) is 6.48. The zero-order valence-electron chi connectivity index (χ0n) is 12.9. The summed E-state index contributed by atoms with van der Waals surface area (Å²) < 4.78 is 14.5. The zero-order chi connectivity index (χ0) is 14.7. The quantitative estimate of drug-likeness (QED) is 0.872. The molecule has 112 valence electrons. The number of hydrogen-bond acceptors (Lipinski definition) is 2. The molecule has 0 aliphatic heterocycles. The molecule has 1 fully saturated rings. The van der Waals surface area contributed by atoms with E-state index >= 15 is 0 Å². The summed E-state index contributed by atoms with van der Waals surface area (Å²) in [6, 6.07) is 5.85. The number of halogens is 1. The molecule has 2 nitrogen and oxygen atoms in total. The van der Waals surface area contributed by atoms with E-state index in [1.165, 1.54) is 25.7 Å². The van der Waals surface area contributed by atoms with Gasteiger partial charge >= 0.3 is 0 Å². The Morgan fingerprint density at radius 2 is 1.90 bits per heavy atom. The lowest BCUT2D eigenvalue weighted by atomic mass is 10.1. The van der Waals surface area contributed by atoms with Gasteiger partial charge < -0.3 is 10.6 Å². The molecule has 2 rings (SSSR count). The second-order valence-corrected chi connectivity index (χ2v) is 6.48. The fourth-order valence-electron chi connectivity index (χ4n) is 3.09. The molecule has 0 radical (unpaired) electrons. The lowest BCUT2D eigenvalue weighted by Crippen LogP contribution is -2.37. The van der Waals surface area contributed by atoms with Gasteiger partial charge in [0.15, 0.2) is 0 Å². The number of nitrogens with two attached hydrogens (primary N) is 1. The lowest BCUT2D eigenvalue weighted by molar-refractivity contribution is 0.520. The lowest BCUT2D eigenvalue weighted by Gasteiger charge is -2.33. The molecule has 3 heteroatoms. The average molecular weight is 278 g/mol. The molecular formula is C17H27FN2. The Bertz CT molecular complexity index is 437. The van der Waals surface area contributed by atoms with Crippen molar-refractivity contribution in [1.82, 2.24) is 0 Å². The topological polar surface area (TPSA) is 29.3 Å². The van der Waals surface area contributed by atoms with Gasteiger partial charge in [-0.25, -0.2) is 4.39 Å². The monoisotopic (exact) mass is 278 g/mol. The van der Waals surface area contributed by atoms with Gasteiger partial charge in [0.05, 0.1) is 5.69 Å². The van der Waals surface area contributed by atoms with E-state index in [4.69, 9.17) is 5.73 Å². The molecule has 1 atom stereocenters. The summed E-state index contributed by atoms with van der Waals surface area (Å²) >= 11 is 0. The van der Waals surface area contributed by atoms with Crippen LogP contribution in [0.4, 0.5) is 10.1 Å². The molecule has 0 unspecified atom stereocenters. The maximum Gasteiger partial charge on any atom is 0.146 e. The van der Waals surface area contributed by atoms with Crippen molar-refractivity contribution in [1.29, 1.82) is 0 Å². The predicted octanol–water partition coefficient (Wildman–Crippen LogP) is 4.25. The van der Waals surface area contributed by atoms with Crippen LogP contribution in [0.2, 0.25) is 0 Å². The van der Waals surface area contributed by atoms with Gasteiger partial charge in [0.25, 0.3) is 0 Å². The minimum absolute atomic E-state index is 0.122. The molecule has 1 aromatic carbocycles. The third kappa shape index (κ3) is 3.51. The van der Waals surface area contributed by atoms with Crippen LogP contribution in [0.5, 0.6) is 0 Å². The van der Waals surface area contributed by atoms with E-state index in [2.05, 4.69) is 18.7 Å². The van der Waals surface area contributed by atoms with Crippen molar-refractivity contribution in [3.63, 3.8) is 0 Å². The Morgan fingerprint density at radius 1 is 1.25 bits per heavy atom. The molecule has 1 saturated carbocycles. The first kappa shape index (κ1) is 15.3. The van der Waals surface area contributed by atoms with E-state index in [-0.39, 0.29) is 11.9 Å². The number of rotatable bonds is 5. The summed E-state index contributed by atoms with van der Waals surface area (Å²) in [4.78, 5) is 2.28. The van der Waals surface area contributed by atoms with E-state index in [9.17, 15) is 4.39 Å². The summed E-state index contributed by atoms with van der Waals surface area (Å²) in [5.74, 6) is 0.399. The van der Waals surface area contributed by atoms with E-state index < -0.39 is 0 Å². The molecule has 0 aromatic heterocycles. The summed E-state index contributed by atoms with van der Waals surface area (Å²) in [5, 5.41) is 0. The van der Waals surface area contributed by atoms with Crippen LogP contribution in [0.15, 0.2) is 18.2 Å². The SMILES string of the molecule is CC(C)CN(c1ccc([C@H](C)N)cc1F)C1CCCC1. The van der Waals surface area contributed by atoms with E-state index in [0.717, 1.165) is 17.8 Å². The highest BCUT2D eigenvalue weighted by molar-refractivity contribution is 5.50. The summed E-state index contributed by atoms with van der Waals surface area (Å²) in [6.07, 6.45) is 4.89. The van der Waals surface area contributed by atoms with Crippen molar-refractivity contribution in [2.45, 2.75) is 58.5 Å². The fraction of sp³-hybridized carbons (Fsp3) is 0.647. The molecule has 0 spiro atoms. The molecule has 0 bridgehead atoms. The smallest absolute Gasteiger partial charge is 0.146 e. The van der Waals surface area contributed by atoms with Gasteiger partial charge in [-0.3, -0.25) is 0 Å². The van der Waals surface area contributed by atoms with Crippen LogP contribution in [-0.4, -0.2) is 12.6 Å². The van der Waals surface area contributed by atoms with Crippen molar-refractivity contribution in [3.05, 3.63) is 29.6 Å². The number of benzene rings is 1. The zero-order valence-corrected chi connectivity index (χ0v) is 12.9. The molecule has 1 aliphatic carbocycles. The van der Waals surface area contributed by atoms with Gasteiger partial charge in [0.1, 0.15) is 5.82 Å². The minimum atomic E-state index is -0.132. The number of anilines is 1. The van der Waals surface area contributed by atoms with Gasteiger partial charge in [-0.15, -0.1) is 0 Å². The van der Waals surface area contributed by atoms with Crippen LogP contribution in [0.1, 0.15) is 58.1 Å². The standard InChI is InChI=1S/C17H27FN2/c1-12(2)11-20(15-6-4-5-7-15)17-9-8-14(13(3)19)10-16(17)18/h8-10,12-13,15H,4-7,11,19H2,1-3H3/t13-/m0/s1. The molecule has 1 aromatic rings. The molecule has 2 N–H and O–H groups in total. The average Bonchev–Trinajstić information content (AvgIpc) is 2.89. The van der Waals surface area contributed by atoms with Crippen LogP contribution in [0.25, 0.3) is 0 Å². The molecule has 1 aliphatic rings. The Balaban J connectivity index is 2.27. The first-order valence-corrected chi connectivity index (χ1v) is 7.80. The van der Waals surface area contributed by atoms with Crippen LogP contribution < -0.4 is 10.6 Å². The fourth-order valence-corrected chi connectivity index (χ4v) is 3.09. The largest absolute Gasteiger partial charge is 0.366 e. The second kappa shape index (κ2) is 6.57. The van der Waals surface area contributed by atoms with Crippen molar-refractivity contribution >= 4 is 5.69 Å². The summed E-state index contributed by atoms with van der Waals surface area (Å²) in [7, 11) is 0. The predicted molar refractivity (Wildman–Crippen MR) is 83.4 cm³/mol. The number of nitrogens with zero attached hydrogens (tertiary/aromatic N) is 1. The van der Waals surface area contributed by atoms with Crippen molar-refractivity contribution in [2.75, 3.05) is 11.4 Å². The first-order valence-electron chi connectivity index (χ1n) is 7.80. The molecule has 0 heterocycles. The van der Waals surface area contributed by atoms with E-state index in [0.29, 0.717) is 12.0 Å². The summed E-state index contributed by atoms with van der Waals surface area (Å²) in [6.45, 7) is 7.18. The highest BCUT2D eigenvalue weighted by Crippen LogP contribution is 2.31. The Hall–Kier alpha value is -1.09. The first-order chi connectivity index (χ1) is 9.49. The number of hydrogen-bond donors (Lipinski definition) is 1. The Morgan fingerprint density at radius 3 is 2.40 bits per heavy atom. The maximum atomic E-state index is 14.5. The van der Waals surface area contributed by atoms with Crippen molar-refractivity contribution in [3.8, 4) is 0 Å². The molecule has 20 heavy (non-hydrogen) atoms. The third-order valence-corrected chi connectivity index (χ3v) is 4.13. The van der Waals surface area contributed by atoms with Crippen LogP contribution >= 0.6 is 0 Å². The third-order valence-electron chi connectivity index (χ3n) is 4.13. The van der Waals surface area contributed by atoms with Crippen LogP contribution in [-0.2, 0) is 0 Å². The maximum absolute atomic E-state index is 14.5. The van der Waals surface area contributed by atoms with Gasteiger partial charge in [-0.1, -0.05) is 32.8 Å². The molecule has 0 saturated heterocycles. The van der Waals surface area contributed by atoms with Crippen LogP contribution in [0, 0.1) is 11.7 Å². The van der Waals surface area contributed by atoms with E-state index in [1.54, 1.807) is 6.07 Å².